The van der Waals surface area contributed by atoms with Crippen molar-refractivity contribution in [2.75, 3.05) is 7.11 Å². The van der Waals surface area contributed by atoms with Gasteiger partial charge in [0.15, 0.2) is 5.78 Å². The summed E-state index contributed by atoms with van der Waals surface area (Å²) in [5.41, 5.74) is 1.91. The van der Waals surface area contributed by atoms with E-state index in [0.29, 0.717) is 0 Å². The quantitative estimate of drug-likeness (QED) is 0.682. The second-order valence-corrected chi connectivity index (χ2v) is 4.04. The summed E-state index contributed by atoms with van der Waals surface area (Å²) < 4.78 is 5.45. The molecule has 0 heterocycles. The van der Waals surface area contributed by atoms with Crippen LogP contribution in [0.1, 0.15) is 55.1 Å². The lowest BCUT2D eigenvalue weighted by molar-refractivity contribution is 0.0934. The van der Waals surface area contributed by atoms with Crippen LogP contribution in [0.15, 0.2) is 24.3 Å². The number of unbranched alkanes of at least 4 members (excludes halogenated alkanes) is 1. The molecule has 16 heavy (non-hydrogen) atoms. The van der Waals surface area contributed by atoms with E-state index in [1.807, 2.05) is 24.3 Å². The average Bonchev–Trinajstić information content (AvgIpc) is 2.30. The van der Waals surface area contributed by atoms with Crippen molar-refractivity contribution in [3.05, 3.63) is 35.4 Å². The highest BCUT2D eigenvalue weighted by Gasteiger charge is 2.10. The Labute approximate surface area is 97.6 Å². The van der Waals surface area contributed by atoms with E-state index < -0.39 is 0 Å². The number of hydrogen-bond acceptors (Lipinski definition) is 2. The van der Waals surface area contributed by atoms with Crippen LogP contribution in [0.5, 0.6) is 0 Å². The first kappa shape index (κ1) is 12.9. The first-order valence-electron chi connectivity index (χ1n) is 5.82. The second kappa shape index (κ2) is 6.44. The third-order valence-corrected chi connectivity index (χ3v) is 2.79. The van der Waals surface area contributed by atoms with Gasteiger partial charge >= 0.3 is 0 Å². The second-order valence-electron chi connectivity index (χ2n) is 4.04. The van der Waals surface area contributed by atoms with Crippen molar-refractivity contribution >= 4 is 5.78 Å². The molecule has 2 nitrogen and oxygen atoms in total. The van der Waals surface area contributed by atoms with Gasteiger partial charge in [-0.2, -0.15) is 0 Å². The van der Waals surface area contributed by atoms with Crippen LogP contribution in [-0.2, 0) is 4.74 Å². The molecule has 0 aliphatic rings. The molecule has 0 aromatic heterocycles. The average molecular weight is 220 g/mol. The number of carbonyl (C=O) groups excluding carboxylic acids is 1. The summed E-state index contributed by atoms with van der Waals surface area (Å²) in [6, 6.07) is 7.71. The topological polar surface area (TPSA) is 26.3 Å². The Kier molecular flexibility index (Phi) is 5.20. The van der Waals surface area contributed by atoms with Gasteiger partial charge in [0.05, 0.1) is 6.10 Å². The van der Waals surface area contributed by atoms with Crippen molar-refractivity contribution in [2.45, 2.75) is 39.2 Å². The standard InChI is InChI=1S/C14H20O2/c1-4-5-6-14(16-3)13-9-7-12(8-10-13)11(2)15/h7-10,14H,4-6H2,1-3H3. The van der Waals surface area contributed by atoms with E-state index >= 15 is 0 Å². The maximum absolute atomic E-state index is 11.1. The molecule has 1 rings (SSSR count). The molecule has 1 unspecified atom stereocenters. The summed E-state index contributed by atoms with van der Waals surface area (Å²) in [7, 11) is 1.74. The summed E-state index contributed by atoms with van der Waals surface area (Å²) in [6.07, 6.45) is 3.52. The predicted octanol–water partition coefficient (Wildman–Crippen LogP) is 3.77. The van der Waals surface area contributed by atoms with Crippen molar-refractivity contribution < 1.29 is 9.53 Å². The number of Topliss-reactive ketones (excluding diaryl/α,β-unsaturated/α-hetero) is 1. The monoisotopic (exact) mass is 220 g/mol. The first-order valence-corrected chi connectivity index (χ1v) is 5.82. The van der Waals surface area contributed by atoms with E-state index in [2.05, 4.69) is 6.92 Å². The molecule has 0 spiro atoms. The minimum atomic E-state index is 0.106. The fraction of sp³-hybridized carbons (Fsp3) is 0.500. The van der Waals surface area contributed by atoms with Crippen LogP contribution in [0.3, 0.4) is 0 Å². The van der Waals surface area contributed by atoms with Gasteiger partial charge in [0.2, 0.25) is 0 Å². The summed E-state index contributed by atoms with van der Waals surface area (Å²) in [5.74, 6) is 0.106. The van der Waals surface area contributed by atoms with Crippen LogP contribution < -0.4 is 0 Å². The summed E-state index contributed by atoms with van der Waals surface area (Å²) in [4.78, 5) is 11.1. The molecule has 1 aromatic rings. The van der Waals surface area contributed by atoms with Crippen molar-refractivity contribution in [3.8, 4) is 0 Å². The zero-order chi connectivity index (χ0) is 12.0. The molecule has 0 N–H and O–H groups in total. The normalized spacial score (nSPS) is 12.4. The molecule has 0 radical (unpaired) electrons. The van der Waals surface area contributed by atoms with Gasteiger partial charge in [0.25, 0.3) is 0 Å². The van der Waals surface area contributed by atoms with Gasteiger partial charge < -0.3 is 4.74 Å². The number of ketones is 1. The highest BCUT2D eigenvalue weighted by atomic mass is 16.5. The van der Waals surface area contributed by atoms with Crippen molar-refractivity contribution in [2.24, 2.45) is 0 Å². The molecular formula is C14H20O2. The molecule has 0 saturated carbocycles. The Morgan fingerprint density at radius 1 is 1.31 bits per heavy atom. The lowest BCUT2D eigenvalue weighted by atomic mass is 10.0. The molecular weight excluding hydrogens is 200 g/mol. The molecule has 1 aromatic carbocycles. The number of ether oxygens (including phenoxy) is 1. The van der Waals surface area contributed by atoms with E-state index in [9.17, 15) is 4.79 Å². The van der Waals surface area contributed by atoms with E-state index in [1.165, 1.54) is 6.42 Å². The largest absolute Gasteiger partial charge is 0.377 e. The maximum atomic E-state index is 11.1. The zero-order valence-electron chi connectivity index (χ0n) is 10.3. The van der Waals surface area contributed by atoms with Gasteiger partial charge in [-0.3, -0.25) is 4.79 Å². The lowest BCUT2D eigenvalue weighted by Gasteiger charge is -2.15. The van der Waals surface area contributed by atoms with Gasteiger partial charge in [-0.25, -0.2) is 0 Å². The van der Waals surface area contributed by atoms with Crippen LogP contribution in [0.4, 0.5) is 0 Å². The Hall–Kier alpha value is -1.15. The third-order valence-electron chi connectivity index (χ3n) is 2.79. The summed E-state index contributed by atoms with van der Waals surface area (Å²) in [5, 5.41) is 0. The van der Waals surface area contributed by atoms with Crippen molar-refractivity contribution in [1.82, 2.24) is 0 Å². The molecule has 0 saturated heterocycles. The van der Waals surface area contributed by atoms with Gasteiger partial charge in [0, 0.05) is 12.7 Å². The van der Waals surface area contributed by atoms with Crippen LogP contribution in [0.2, 0.25) is 0 Å². The molecule has 0 aliphatic heterocycles. The van der Waals surface area contributed by atoms with Gasteiger partial charge in [-0.05, 0) is 18.9 Å². The minimum absolute atomic E-state index is 0.106. The van der Waals surface area contributed by atoms with Crippen LogP contribution >= 0.6 is 0 Å². The number of carbonyl (C=O) groups is 1. The number of rotatable bonds is 6. The summed E-state index contributed by atoms with van der Waals surface area (Å²) in [6.45, 7) is 3.76. The number of hydrogen-bond donors (Lipinski definition) is 0. The molecule has 0 amide bonds. The van der Waals surface area contributed by atoms with Crippen molar-refractivity contribution in [1.29, 1.82) is 0 Å². The molecule has 1 atom stereocenters. The number of benzene rings is 1. The first-order chi connectivity index (χ1) is 7.69. The van der Waals surface area contributed by atoms with Gasteiger partial charge in [0.1, 0.15) is 0 Å². The SMILES string of the molecule is CCCCC(OC)c1ccc(C(C)=O)cc1. The molecule has 0 bridgehead atoms. The molecule has 0 fully saturated rings. The maximum Gasteiger partial charge on any atom is 0.159 e. The fourth-order valence-electron chi connectivity index (χ4n) is 1.74. The highest BCUT2D eigenvalue weighted by Crippen LogP contribution is 2.23. The summed E-state index contributed by atoms with van der Waals surface area (Å²) >= 11 is 0. The Morgan fingerprint density at radius 2 is 1.94 bits per heavy atom. The van der Waals surface area contributed by atoms with Crippen LogP contribution in [0.25, 0.3) is 0 Å². The Bertz CT molecular complexity index is 327. The predicted molar refractivity (Wildman–Crippen MR) is 65.7 cm³/mol. The zero-order valence-corrected chi connectivity index (χ0v) is 10.3. The smallest absolute Gasteiger partial charge is 0.159 e. The molecule has 88 valence electrons. The van der Waals surface area contributed by atoms with Gasteiger partial charge in [-0.1, -0.05) is 44.0 Å². The Balaban J connectivity index is 2.74. The molecule has 2 heteroatoms. The van der Waals surface area contributed by atoms with E-state index in [0.717, 1.165) is 24.0 Å². The van der Waals surface area contributed by atoms with Crippen LogP contribution in [-0.4, -0.2) is 12.9 Å². The third kappa shape index (κ3) is 3.46. The van der Waals surface area contributed by atoms with Crippen molar-refractivity contribution in [3.63, 3.8) is 0 Å². The fourth-order valence-corrected chi connectivity index (χ4v) is 1.74. The highest BCUT2D eigenvalue weighted by molar-refractivity contribution is 5.94. The molecule has 0 aliphatic carbocycles. The minimum Gasteiger partial charge on any atom is -0.377 e. The van der Waals surface area contributed by atoms with E-state index in [4.69, 9.17) is 4.74 Å². The van der Waals surface area contributed by atoms with E-state index in [1.54, 1.807) is 14.0 Å². The van der Waals surface area contributed by atoms with Crippen LogP contribution in [0, 0.1) is 0 Å². The Morgan fingerprint density at radius 3 is 2.38 bits per heavy atom. The lowest BCUT2D eigenvalue weighted by Crippen LogP contribution is -2.02. The van der Waals surface area contributed by atoms with E-state index in [-0.39, 0.29) is 11.9 Å². The van der Waals surface area contributed by atoms with Gasteiger partial charge in [-0.15, -0.1) is 0 Å². The number of methoxy groups -OCH3 is 1.